The number of carbonyl (C=O) groups excluding carboxylic acids is 1. The summed E-state index contributed by atoms with van der Waals surface area (Å²) in [5.74, 6) is 0.158. The number of aryl methyl sites for hydroxylation is 2. The largest absolute Gasteiger partial charge is 0.511 e. The van der Waals surface area contributed by atoms with Crippen LogP contribution in [-0.4, -0.2) is 29.3 Å². The van der Waals surface area contributed by atoms with Crippen molar-refractivity contribution in [3.05, 3.63) is 51.8 Å². The van der Waals surface area contributed by atoms with Crippen molar-refractivity contribution in [3.8, 4) is 6.07 Å². The Morgan fingerprint density at radius 1 is 1.23 bits per heavy atom. The van der Waals surface area contributed by atoms with Gasteiger partial charge in [0.25, 0.3) is 0 Å². The second-order valence-corrected chi connectivity index (χ2v) is 8.15. The molecule has 0 aliphatic rings. The fourth-order valence-corrected chi connectivity index (χ4v) is 3.11. The van der Waals surface area contributed by atoms with Crippen LogP contribution in [0.15, 0.2) is 24.3 Å². The van der Waals surface area contributed by atoms with E-state index in [9.17, 15) is 10.1 Å². The number of halogens is 1. The lowest BCUT2D eigenvalue weighted by atomic mass is 9.86. The zero-order valence-electron chi connectivity index (χ0n) is 18.2. The number of carbonyl (C=O) groups is 1. The fourth-order valence-electron chi connectivity index (χ4n) is 2.87. The van der Waals surface area contributed by atoms with Crippen molar-refractivity contribution < 1.29 is 19.0 Å². The Morgan fingerprint density at radius 3 is 2.27 bits per heavy atom. The first-order chi connectivity index (χ1) is 14.0. The van der Waals surface area contributed by atoms with Gasteiger partial charge in [0.05, 0.1) is 17.8 Å². The lowest BCUT2D eigenvalue weighted by molar-refractivity contribution is -0.0619. The van der Waals surface area contributed by atoms with Crippen LogP contribution >= 0.6 is 11.6 Å². The van der Waals surface area contributed by atoms with Gasteiger partial charge < -0.3 is 14.2 Å². The van der Waals surface area contributed by atoms with Crippen LogP contribution in [0.5, 0.6) is 0 Å². The van der Waals surface area contributed by atoms with Crippen LogP contribution in [0.1, 0.15) is 50.2 Å². The molecule has 0 radical (unpaired) electrons. The average molecular weight is 432 g/mol. The molecule has 1 aromatic carbocycles. The molecule has 0 saturated heterocycles. The number of rotatable bonds is 5. The summed E-state index contributed by atoms with van der Waals surface area (Å²) in [5, 5.41) is 14.6. The minimum atomic E-state index is -1.03. The van der Waals surface area contributed by atoms with E-state index >= 15 is 0 Å². The van der Waals surface area contributed by atoms with E-state index in [4.69, 9.17) is 21.1 Å². The Balaban J connectivity index is 2.63. The lowest BCUT2D eigenvalue weighted by Crippen LogP contribution is -2.19. The van der Waals surface area contributed by atoms with Crippen LogP contribution in [0.4, 0.5) is 4.79 Å². The van der Waals surface area contributed by atoms with Crippen molar-refractivity contribution in [2.24, 2.45) is 7.05 Å². The van der Waals surface area contributed by atoms with Crippen molar-refractivity contribution in [1.29, 1.82) is 5.26 Å². The van der Waals surface area contributed by atoms with E-state index in [-0.39, 0.29) is 16.7 Å². The number of benzene rings is 1. The van der Waals surface area contributed by atoms with E-state index in [2.05, 4.69) is 36.7 Å². The summed E-state index contributed by atoms with van der Waals surface area (Å²) < 4.78 is 16.9. The third-order valence-corrected chi connectivity index (χ3v) is 4.91. The molecule has 30 heavy (non-hydrogen) atoms. The number of aromatic nitrogens is 2. The molecular weight excluding hydrogens is 406 g/mol. The third-order valence-electron chi connectivity index (χ3n) is 4.46. The Bertz CT molecular complexity index is 995. The van der Waals surface area contributed by atoms with Crippen molar-refractivity contribution in [3.63, 3.8) is 0 Å². The maximum absolute atomic E-state index is 11.5. The van der Waals surface area contributed by atoms with Gasteiger partial charge in [-0.3, -0.25) is 4.68 Å². The predicted molar refractivity (Wildman–Crippen MR) is 115 cm³/mol. The summed E-state index contributed by atoms with van der Waals surface area (Å²) >= 11 is 6.46. The molecule has 0 amide bonds. The van der Waals surface area contributed by atoms with Gasteiger partial charge in [0.1, 0.15) is 17.3 Å². The van der Waals surface area contributed by atoms with Gasteiger partial charge in [-0.05, 0) is 23.5 Å². The molecule has 0 aliphatic carbocycles. The molecule has 0 bridgehead atoms. The Hall–Kier alpha value is -2.98. The number of nitrogens with zero attached hydrogens (tertiary/aromatic N) is 3. The molecule has 0 spiro atoms. The summed E-state index contributed by atoms with van der Waals surface area (Å²) in [6.45, 7) is 9.61. The molecule has 1 atom stereocenters. The summed E-state index contributed by atoms with van der Waals surface area (Å²) in [5.41, 5.74) is 2.96. The number of hydrogen-bond acceptors (Lipinski definition) is 6. The molecule has 7 nitrogen and oxygen atoms in total. The standard InChI is InChI=1S/C22H26ClN3O4/c1-13-18(23)19(26(6)25-13)20(29-14(2)30-21(27)28-7)17(12-24)15-8-10-16(11-9-15)22(3,4)5/h8-11,14H,1-7H3/b20-17-. The quantitative estimate of drug-likeness (QED) is 0.279. The van der Waals surface area contributed by atoms with Crippen LogP contribution in [0.3, 0.4) is 0 Å². The van der Waals surface area contributed by atoms with Gasteiger partial charge in [0, 0.05) is 14.0 Å². The second-order valence-electron chi connectivity index (χ2n) is 7.77. The molecule has 160 valence electrons. The highest BCUT2D eigenvalue weighted by atomic mass is 35.5. The van der Waals surface area contributed by atoms with E-state index in [1.165, 1.54) is 18.7 Å². The van der Waals surface area contributed by atoms with Crippen LogP contribution < -0.4 is 0 Å². The van der Waals surface area contributed by atoms with Crippen LogP contribution in [0.2, 0.25) is 5.02 Å². The first-order valence-corrected chi connectivity index (χ1v) is 9.73. The number of hydrogen-bond donors (Lipinski definition) is 0. The van der Waals surface area contributed by atoms with E-state index in [0.717, 1.165) is 5.56 Å². The zero-order chi connectivity index (χ0) is 22.6. The lowest BCUT2D eigenvalue weighted by Gasteiger charge is -2.20. The Morgan fingerprint density at radius 2 is 1.83 bits per heavy atom. The van der Waals surface area contributed by atoms with Crippen molar-refractivity contribution >= 4 is 29.1 Å². The van der Waals surface area contributed by atoms with Crippen LogP contribution in [-0.2, 0) is 26.7 Å². The van der Waals surface area contributed by atoms with Gasteiger partial charge in [0.2, 0.25) is 6.29 Å². The molecule has 2 aromatic rings. The molecule has 0 N–H and O–H groups in total. The first kappa shape index (κ1) is 23.3. The number of methoxy groups -OCH3 is 1. The van der Waals surface area contributed by atoms with E-state index < -0.39 is 12.4 Å². The number of allylic oxidation sites excluding steroid dienone is 1. The summed E-state index contributed by atoms with van der Waals surface area (Å²) in [6, 6.07) is 9.83. The molecule has 0 fully saturated rings. The van der Waals surface area contributed by atoms with Gasteiger partial charge in [-0.15, -0.1) is 0 Å². The summed E-state index contributed by atoms with van der Waals surface area (Å²) in [7, 11) is 2.89. The third kappa shape index (κ3) is 5.14. The molecule has 1 unspecified atom stereocenters. The van der Waals surface area contributed by atoms with Gasteiger partial charge in [-0.25, -0.2) is 4.79 Å². The molecule has 1 aromatic heterocycles. The van der Waals surface area contributed by atoms with Gasteiger partial charge in [-0.2, -0.15) is 10.4 Å². The van der Waals surface area contributed by atoms with Crippen molar-refractivity contribution in [2.75, 3.05) is 7.11 Å². The summed E-state index contributed by atoms with van der Waals surface area (Å²) in [4.78, 5) is 11.5. The monoisotopic (exact) mass is 431 g/mol. The highest BCUT2D eigenvalue weighted by Gasteiger charge is 2.25. The molecule has 0 saturated carbocycles. The molecule has 8 heteroatoms. The van der Waals surface area contributed by atoms with E-state index in [1.54, 1.807) is 14.0 Å². The molecule has 0 aliphatic heterocycles. The van der Waals surface area contributed by atoms with Crippen molar-refractivity contribution in [1.82, 2.24) is 9.78 Å². The zero-order valence-corrected chi connectivity index (χ0v) is 19.0. The van der Waals surface area contributed by atoms with E-state index in [1.807, 2.05) is 24.3 Å². The van der Waals surface area contributed by atoms with Gasteiger partial charge >= 0.3 is 6.16 Å². The number of nitriles is 1. The normalized spacial score (nSPS) is 13.2. The minimum Gasteiger partial charge on any atom is -0.451 e. The molecule has 1 heterocycles. The Kier molecular flexibility index (Phi) is 7.16. The molecular formula is C22H26ClN3O4. The van der Waals surface area contributed by atoms with Gasteiger partial charge in [-0.1, -0.05) is 56.6 Å². The maximum atomic E-state index is 11.5. The summed E-state index contributed by atoms with van der Waals surface area (Å²) in [6.07, 6.45) is -1.93. The molecule has 2 rings (SSSR count). The number of ether oxygens (including phenoxy) is 3. The minimum absolute atomic E-state index is 0.0281. The van der Waals surface area contributed by atoms with Crippen LogP contribution in [0.25, 0.3) is 11.3 Å². The fraction of sp³-hybridized carbons (Fsp3) is 0.409. The average Bonchev–Trinajstić information content (AvgIpc) is 2.92. The SMILES string of the molecule is COC(=O)OC(C)O/C(=C(/C#N)c1ccc(C(C)(C)C)cc1)c1c(Cl)c(C)nn1C. The highest BCUT2D eigenvalue weighted by molar-refractivity contribution is 6.33. The van der Waals surface area contributed by atoms with Crippen molar-refractivity contribution in [2.45, 2.75) is 46.3 Å². The highest BCUT2D eigenvalue weighted by Crippen LogP contribution is 2.34. The predicted octanol–water partition coefficient (Wildman–Crippen LogP) is 5.22. The maximum Gasteiger partial charge on any atom is 0.511 e. The second kappa shape index (κ2) is 9.23. The topological polar surface area (TPSA) is 86.4 Å². The van der Waals surface area contributed by atoms with Crippen LogP contribution in [0, 0.1) is 18.3 Å². The smallest absolute Gasteiger partial charge is 0.451 e. The first-order valence-electron chi connectivity index (χ1n) is 9.35. The van der Waals surface area contributed by atoms with E-state index in [0.29, 0.717) is 22.0 Å². The van der Waals surface area contributed by atoms with Gasteiger partial charge in [0.15, 0.2) is 5.76 Å². The Labute approximate surface area is 181 Å².